The van der Waals surface area contributed by atoms with Gasteiger partial charge in [-0.25, -0.2) is 18.4 Å². The van der Waals surface area contributed by atoms with E-state index in [2.05, 4.69) is 31.1 Å². The highest BCUT2D eigenvalue weighted by molar-refractivity contribution is 7.92. The van der Waals surface area contributed by atoms with Gasteiger partial charge in [-0.1, -0.05) is 63.2 Å². The number of nitrogens with zero attached hydrogens (tertiary/aromatic N) is 3. The Balaban J connectivity index is 1.50. The Labute approximate surface area is 221 Å². The van der Waals surface area contributed by atoms with Crippen molar-refractivity contribution < 1.29 is 13.2 Å². The maximum atomic E-state index is 13.7. The summed E-state index contributed by atoms with van der Waals surface area (Å²) in [5, 5.41) is 2.90. The quantitative estimate of drug-likeness (QED) is 0.330. The van der Waals surface area contributed by atoms with Crippen LogP contribution in [0.25, 0.3) is 22.2 Å². The number of carbonyl (C=O) groups excluding carboxylic acids is 1. The van der Waals surface area contributed by atoms with Gasteiger partial charge in [0.15, 0.2) is 5.65 Å². The summed E-state index contributed by atoms with van der Waals surface area (Å²) in [5.74, 6) is -0.197. The van der Waals surface area contributed by atoms with Gasteiger partial charge in [-0.15, -0.1) is 0 Å². The standard InChI is InChI=1S/C29H29N5O3S/c1-29(2,3)20-15-13-19(14-16-20)28(35)31-17-18-34-26(30)25(38(36,37)21-9-5-4-6-10-21)24-27(34)33-23-12-8-7-11-22(23)32-24/h4-16H,17-18,30H2,1-3H3,(H,31,35). The van der Waals surface area contributed by atoms with E-state index in [1.165, 1.54) is 12.1 Å². The van der Waals surface area contributed by atoms with E-state index in [1.807, 2.05) is 30.3 Å². The molecular weight excluding hydrogens is 498 g/mol. The molecule has 3 aromatic carbocycles. The van der Waals surface area contributed by atoms with Gasteiger partial charge in [-0.05, 0) is 47.4 Å². The SMILES string of the molecule is CC(C)(C)c1ccc(C(=O)NCCn2c(N)c(S(=O)(=O)c3ccccc3)c3nc4ccccc4nc32)cc1. The number of nitrogens with two attached hydrogens (primary N) is 1. The minimum Gasteiger partial charge on any atom is -0.384 e. The summed E-state index contributed by atoms with van der Waals surface area (Å²) >= 11 is 0. The Hall–Kier alpha value is -4.24. The van der Waals surface area contributed by atoms with Crippen molar-refractivity contribution in [3.63, 3.8) is 0 Å². The van der Waals surface area contributed by atoms with Crippen LogP contribution in [0.1, 0.15) is 36.7 Å². The average molecular weight is 528 g/mol. The molecule has 2 heterocycles. The molecule has 0 saturated heterocycles. The minimum atomic E-state index is -3.98. The normalized spacial score (nSPS) is 12.2. The predicted octanol–water partition coefficient (Wildman–Crippen LogP) is 4.73. The fourth-order valence-electron chi connectivity index (χ4n) is 4.40. The fraction of sp³-hybridized carbons (Fsp3) is 0.207. The second-order valence-corrected chi connectivity index (χ2v) is 12.0. The van der Waals surface area contributed by atoms with Crippen molar-refractivity contribution in [2.45, 2.75) is 42.5 Å². The molecule has 9 heteroatoms. The van der Waals surface area contributed by atoms with Crippen LogP contribution in [-0.2, 0) is 21.8 Å². The van der Waals surface area contributed by atoms with Gasteiger partial charge in [0.1, 0.15) is 16.2 Å². The van der Waals surface area contributed by atoms with E-state index in [9.17, 15) is 13.2 Å². The zero-order valence-electron chi connectivity index (χ0n) is 21.5. The van der Waals surface area contributed by atoms with Crippen molar-refractivity contribution in [1.82, 2.24) is 19.9 Å². The van der Waals surface area contributed by atoms with Crippen molar-refractivity contribution in [2.24, 2.45) is 0 Å². The zero-order chi connectivity index (χ0) is 27.1. The maximum Gasteiger partial charge on any atom is 0.251 e. The number of rotatable bonds is 6. The summed E-state index contributed by atoms with van der Waals surface area (Å²) < 4.78 is 28.9. The first kappa shape index (κ1) is 25.4. The number of para-hydroxylation sites is 2. The van der Waals surface area contributed by atoms with Crippen molar-refractivity contribution in [1.29, 1.82) is 0 Å². The molecule has 0 saturated carbocycles. The topological polar surface area (TPSA) is 120 Å². The molecule has 0 bridgehead atoms. The summed E-state index contributed by atoms with van der Waals surface area (Å²) in [6.45, 7) is 6.78. The van der Waals surface area contributed by atoms with Crippen LogP contribution in [0.4, 0.5) is 5.82 Å². The summed E-state index contributed by atoms with van der Waals surface area (Å²) in [6, 6.07) is 22.9. The summed E-state index contributed by atoms with van der Waals surface area (Å²) in [6.07, 6.45) is 0. The lowest BCUT2D eigenvalue weighted by molar-refractivity contribution is 0.0952. The number of benzene rings is 3. The highest BCUT2D eigenvalue weighted by Crippen LogP contribution is 2.35. The third kappa shape index (κ3) is 4.61. The van der Waals surface area contributed by atoms with Gasteiger partial charge >= 0.3 is 0 Å². The number of amides is 1. The molecule has 5 aromatic rings. The first-order valence-corrected chi connectivity index (χ1v) is 13.8. The first-order chi connectivity index (χ1) is 18.1. The van der Waals surface area contributed by atoms with E-state index in [0.717, 1.165) is 5.56 Å². The van der Waals surface area contributed by atoms with Gasteiger partial charge in [0.05, 0.1) is 15.9 Å². The molecule has 0 aliphatic heterocycles. The molecule has 0 fully saturated rings. The summed E-state index contributed by atoms with van der Waals surface area (Å²) in [7, 11) is -3.98. The van der Waals surface area contributed by atoms with Crippen LogP contribution in [0.2, 0.25) is 0 Å². The predicted molar refractivity (Wildman–Crippen MR) is 149 cm³/mol. The lowest BCUT2D eigenvalue weighted by Gasteiger charge is -2.19. The monoisotopic (exact) mass is 527 g/mol. The Morgan fingerprint density at radius 1 is 0.895 bits per heavy atom. The molecule has 3 N–H and O–H groups in total. The second-order valence-electron chi connectivity index (χ2n) is 10.2. The van der Waals surface area contributed by atoms with Crippen LogP contribution < -0.4 is 11.1 Å². The van der Waals surface area contributed by atoms with Crippen LogP contribution >= 0.6 is 0 Å². The summed E-state index contributed by atoms with van der Waals surface area (Å²) in [5.41, 5.74) is 9.88. The number of anilines is 1. The second kappa shape index (κ2) is 9.57. The molecule has 5 rings (SSSR count). The average Bonchev–Trinajstić information content (AvgIpc) is 3.18. The molecule has 8 nitrogen and oxygen atoms in total. The van der Waals surface area contributed by atoms with Gasteiger partial charge in [-0.3, -0.25) is 4.79 Å². The summed E-state index contributed by atoms with van der Waals surface area (Å²) in [4.78, 5) is 22.2. The number of sulfone groups is 1. The number of nitrogen functional groups attached to an aromatic ring is 1. The van der Waals surface area contributed by atoms with Gasteiger partial charge in [0.2, 0.25) is 9.84 Å². The largest absolute Gasteiger partial charge is 0.384 e. The fourth-order valence-corrected chi connectivity index (χ4v) is 5.93. The zero-order valence-corrected chi connectivity index (χ0v) is 22.3. The Morgan fingerprint density at radius 3 is 2.13 bits per heavy atom. The molecule has 194 valence electrons. The van der Waals surface area contributed by atoms with Crippen molar-refractivity contribution in [2.75, 3.05) is 12.3 Å². The number of hydrogen-bond donors (Lipinski definition) is 2. The molecule has 2 aromatic heterocycles. The van der Waals surface area contributed by atoms with E-state index in [1.54, 1.807) is 41.0 Å². The number of nitrogens with one attached hydrogen (secondary N) is 1. The van der Waals surface area contributed by atoms with Crippen LogP contribution in [0.5, 0.6) is 0 Å². The molecule has 38 heavy (non-hydrogen) atoms. The van der Waals surface area contributed by atoms with E-state index in [-0.39, 0.29) is 45.5 Å². The number of carbonyl (C=O) groups is 1. The molecule has 0 spiro atoms. The van der Waals surface area contributed by atoms with E-state index >= 15 is 0 Å². The van der Waals surface area contributed by atoms with Crippen LogP contribution in [0, 0.1) is 0 Å². The molecule has 0 aliphatic rings. The number of fused-ring (bicyclic) bond motifs is 2. The van der Waals surface area contributed by atoms with E-state index in [4.69, 9.17) is 10.7 Å². The van der Waals surface area contributed by atoms with Gasteiger partial charge in [0, 0.05) is 18.7 Å². The lowest BCUT2D eigenvalue weighted by atomic mass is 9.87. The van der Waals surface area contributed by atoms with Gasteiger partial charge < -0.3 is 15.6 Å². The Morgan fingerprint density at radius 2 is 1.50 bits per heavy atom. The van der Waals surface area contributed by atoms with Crippen molar-refractivity contribution in [3.8, 4) is 0 Å². The first-order valence-electron chi connectivity index (χ1n) is 12.3. The molecule has 0 unspecified atom stereocenters. The van der Waals surface area contributed by atoms with E-state index < -0.39 is 9.84 Å². The highest BCUT2D eigenvalue weighted by Gasteiger charge is 2.30. The molecule has 0 atom stereocenters. The molecule has 0 radical (unpaired) electrons. The van der Waals surface area contributed by atoms with Crippen molar-refractivity contribution >= 4 is 43.8 Å². The Bertz CT molecular complexity index is 1750. The third-order valence-electron chi connectivity index (χ3n) is 6.50. The minimum absolute atomic E-state index is 0.00892. The molecule has 1 amide bonds. The number of aromatic nitrogens is 3. The van der Waals surface area contributed by atoms with E-state index in [0.29, 0.717) is 22.2 Å². The lowest BCUT2D eigenvalue weighted by Crippen LogP contribution is -2.27. The smallest absolute Gasteiger partial charge is 0.251 e. The third-order valence-corrected chi connectivity index (χ3v) is 8.34. The Kier molecular flexibility index (Phi) is 6.40. The van der Waals surface area contributed by atoms with Crippen LogP contribution in [0.3, 0.4) is 0 Å². The highest BCUT2D eigenvalue weighted by atomic mass is 32.2. The maximum absolute atomic E-state index is 13.7. The van der Waals surface area contributed by atoms with Crippen molar-refractivity contribution in [3.05, 3.63) is 90.0 Å². The van der Waals surface area contributed by atoms with Crippen LogP contribution in [-0.4, -0.2) is 35.4 Å². The number of hydrogen-bond acceptors (Lipinski definition) is 6. The van der Waals surface area contributed by atoms with Gasteiger partial charge in [0.25, 0.3) is 5.91 Å². The van der Waals surface area contributed by atoms with Gasteiger partial charge in [-0.2, -0.15) is 0 Å². The molecule has 0 aliphatic carbocycles. The molecular formula is C29H29N5O3S. The van der Waals surface area contributed by atoms with Crippen LogP contribution in [0.15, 0.2) is 88.7 Å².